The number of nitrogens with one attached hydrogen (secondary N) is 1. The molecule has 0 bridgehead atoms. The molecule has 1 aliphatic heterocycles. The first kappa shape index (κ1) is 24.0. The fourth-order valence-corrected chi connectivity index (χ4v) is 4.05. The van der Waals surface area contributed by atoms with Crippen LogP contribution in [0, 0.1) is 6.92 Å². The van der Waals surface area contributed by atoms with Gasteiger partial charge in [0.15, 0.2) is 0 Å². The van der Waals surface area contributed by atoms with E-state index in [9.17, 15) is 14.4 Å². The number of nitrogens with zero attached hydrogens (tertiary/aromatic N) is 4. The van der Waals surface area contributed by atoms with Crippen molar-refractivity contribution in [2.75, 3.05) is 47.9 Å². The van der Waals surface area contributed by atoms with Crippen molar-refractivity contribution in [2.45, 2.75) is 20.4 Å². The Morgan fingerprint density at radius 3 is 2.29 bits per heavy atom. The lowest BCUT2D eigenvalue weighted by Crippen LogP contribution is -2.48. The van der Waals surface area contributed by atoms with Crippen molar-refractivity contribution < 1.29 is 14.3 Å². The van der Waals surface area contributed by atoms with E-state index < -0.39 is 5.97 Å². The van der Waals surface area contributed by atoms with Crippen LogP contribution in [0.25, 0.3) is 0 Å². The summed E-state index contributed by atoms with van der Waals surface area (Å²) in [6, 6.07) is 18.1. The van der Waals surface area contributed by atoms with E-state index >= 15 is 0 Å². The second-order valence-corrected chi connectivity index (χ2v) is 8.28. The molecule has 0 unspecified atom stereocenters. The topological polar surface area (TPSA) is 96.8 Å². The number of ether oxygens (including phenoxy) is 1. The fraction of sp³-hybridized carbons (Fsp3) is 0.308. The van der Waals surface area contributed by atoms with Crippen LogP contribution in [-0.2, 0) is 16.1 Å². The Morgan fingerprint density at radius 2 is 1.63 bits per heavy atom. The zero-order valence-electron chi connectivity index (χ0n) is 19.9. The van der Waals surface area contributed by atoms with E-state index in [4.69, 9.17) is 4.74 Å². The van der Waals surface area contributed by atoms with Gasteiger partial charge in [0.25, 0.3) is 5.56 Å². The first-order valence-electron chi connectivity index (χ1n) is 11.6. The van der Waals surface area contributed by atoms with Gasteiger partial charge in [-0.15, -0.1) is 0 Å². The first-order chi connectivity index (χ1) is 16.9. The zero-order valence-corrected chi connectivity index (χ0v) is 19.9. The van der Waals surface area contributed by atoms with Crippen molar-refractivity contribution in [2.24, 2.45) is 0 Å². The number of amides is 1. The average molecular weight is 476 g/mol. The molecule has 0 saturated carbocycles. The number of carbonyl (C=O) groups excluding carboxylic acids is 2. The monoisotopic (exact) mass is 475 g/mol. The number of para-hydroxylation sites is 1. The van der Waals surface area contributed by atoms with Gasteiger partial charge in [-0.1, -0.05) is 18.2 Å². The maximum absolute atomic E-state index is 12.8. The second kappa shape index (κ2) is 10.9. The molecule has 0 radical (unpaired) electrons. The van der Waals surface area contributed by atoms with Crippen LogP contribution >= 0.6 is 0 Å². The molecule has 0 aliphatic carbocycles. The summed E-state index contributed by atoms with van der Waals surface area (Å²) in [7, 11) is 0. The van der Waals surface area contributed by atoms with Gasteiger partial charge in [0.2, 0.25) is 11.9 Å². The van der Waals surface area contributed by atoms with Gasteiger partial charge in [-0.2, -0.15) is 0 Å². The quantitative estimate of drug-likeness (QED) is 0.525. The molecule has 0 spiro atoms. The van der Waals surface area contributed by atoms with E-state index in [1.807, 2.05) is 18.2 Å². The Balaban J connectivity index is 1.45. The van der Waals surface area contributed by atoms with Crippen molar-refractivity contribution in [1.29, 1.82) is 0 Å². The van der Waals surface area contributed by atoms with Gasteiger partial charge in [-0.05, 0) is 50.2 Å². The standard InChI is InChI=1S/C26H29N5O4/c1-3-35-25(34)20-9-11-21(12-10-20)28-23(32)18-31-24(33)17-19(2)27-26(31)30-15-13-29(14-16-30)22-7-5-4-6-8-22/h4-12,17H,3,13-16,18H2,1-2H3,(H,28,32). The summed E-state index contributed by atoms with van der Waals surface area (Å²) >= 11 is 0. The van der Waals surface area contributed by atoms with Crippen LogP contribution in [0.1, 0.15) is 23.0 Å². The molecule has 3 aromatic rings. The Labute approximate surface area is 204 Å². The number of aromatic nitrogens is 2. The average Bonchev–Trinajstić information content (AvgIpc) is 2.87. The summed E-state index contributed by atoms with van der Waals surface area (Å²) < 4.78 is 6.38. The Kier molecular flexibility index (Phi) is 7.45. The summed E-state index contributed by atoms with van der Waals surface area (Å²) in [5.74, 6) is -0.277. The lowest BCUT2D eigenvalue weighted by Gasteiger charge is -2.37. The highest BCUT2D eigenvalue weighted by atomic mass is 16.5. The minimum Gasteiger partial charge on any atom is -0.462 e. The molecule has 1 aliphatic rings. The largest absolute Gasteiger partial charge is 0.462 e. The normalized spacial score (nSPS) is 13.4. The van der Waals surface area contributed by atoms with Gasteiger partial charge < -0.3 is 19.9 Å². The molecule has 2 heterocycles. The van der Waals surface area contributed by atoms with Crippen molar-refractivity contribution in [3.05, 3.63) is 82.3 Å². The van der Waals surface area contributed by atoms with Crippen molar-refractivity contribution >= 4 is 29.2 Å². The van der Waals surface area contributed by atoms with Crippen LogP contribution in [0.3, 0.4) is 0 Å². The molecule has 182 valence electrons. The molecular formula is C26H29N5O4. The summed E-state index contributed by atoms with van der Waals surface area (Å²) in [6.07, 6.45) is 0. The molecule has 4 rings (SSSR count). The van der Waals surface area contributed by atoms with E-state index in [0.717, 1.165) is 18.8 Å². The third kappa shape index (κ3) is 5.87. The Morgan fingerprint density at radius 1 is 0.971 bits per heavy atom. The van der Waals surface area contributed by atoms with E-state index in [0.29, 0.717) is 42.6 Å². The molecule has 1 amide bonds. The molecule has 0 atom stereocenters. The molecule has 1 N–H and O–H groups in total. The predicted molar refractivity (Wildman–Crippen MR) is 135 cm³/mol. The number of piperazine rings is 1. The van der Waals surface area contributed by atoms with Crippen LogP contribution in [-0.4, -0.2) is 54.2 Å². The highest BCUT2D eigenvalue weighted by Gasteiger charge is 2.22. The Bertz CT molecular complexity index is 1230. The lowest BCUT2D eigenvalue weighted by molar-refractivity contribution is -0.116. The van der Waals surface area contributed by atoms with Crippen LogP contribution in [0.2, 0.25) is 0 Å². The van der Waals surface area contributed by atoms with E-state index in [1.165, 1.54) is 10.6 Å². The highest BCUT2D eigenvalue weighted by molar-refractivity contribution is 5.93. The molecule has 9 heteroatoms. The number of anilines is 3. The zero-order chi connectivity index (χ0) is 24.8. The number of carbonyl (C=O) groups is 2. The summed E-state index contributed by atoms with van der Waals surface area (Å²) in [5, 5.41) is 2.78. The van der Waals surface area contributed by atoms with Crippen LogP contribution in [0.15, 0.2) is 65.5 Å². The maximum atomic E-state index is 12.8. The number of hydrogen-bond acceptors (Lipinski definition) is 7. The molecular weight excluding hydrogens is 446 g/mol. The second-order valence-electron chi connectivity index (χ2n) is 8.28. The van der Waals surface area contributed by atoms with E-state index in [-0.39, 0.29) is 18.0 Å². The Hall–Kier alpha value is -4.14. The number of hydrogen-bond donors (Lipinski definition) is 1. The van der Waals surface area contributed by atoms with Gasteiger partial charge in [-0.25, -0.2) is 9.78 Å². The minimum absolute atomic E-state index is 0.167. The first-order valence-corrected chi connectivity index (χ1v) is 11.6. The smallest absolute Gasteiger partial charge is 0.338 e. The van der Waals surface area contributed by atoms with Gasteiger partial charge in [0.1, 0.15) is 6.54 Å². The summed E-state index contributed by atoms with van der Waals surface area (Å²) in [5.41, 5.74) is 2.43. The SMILES string of the molecule is CCOC(=O)c1ccc(NC(=O)Cn2c(N3CCN(c4ccccc4)CC3)nc(C)cc2=O)cc1. The van der Waals surface area contributed by atoms with E-state index in [1.54, 1.807) is 38.1 Å². The summed E-state index contributed by atoms with van der Waals surface area (Å²) in [6.45, 7) is 6.58. The summed E-state index contributed by atoms with van der Waals surface area (Å²) in [4.78, 5) is 46.4. The fourth-order valence-electron chi connectivity index (χ4n) is 4.05. The van der Waals surface area contributed by atoms with Crippen molar-refractivity contribution in [3.8, 4) is 0 Å². The van der Waals surface area contributed by atoms with Gasteiger partial charge in [0, 0.05) is 49.3 Å². The van der Waals surface area contributed by atoms with Crippen molar-refractivity contribution in [3.63, 3.8) is 0 Å². The molecule has 1 aromatic heterocycles. The number of aryl methyl sites for hydroxylation is 1. The molecule has 9 nitrogen and oxygen atoms in total. The van der Waals surface area contributed by atoms with Crippen LogP contribution in [0.5, 0.6) is 0 Å². The molecule has 2 aromatic carbocycles. The van der Waals surface area contributed by atoms with Crippen LogP contribution in [0.4, 0.5) is 17.3 Å². The number of benzene rings is 2. The highest BCUT2D eigenvalue weighted by Crippen LogP contribution is 2.19. The molecule has 1 fully saturated rings. The minimum atomic E-state index is -0.417. The molecule has 35 heavy (non-hydrogen) atoms. The third-order valence-corrected chi connectivity index (χ3v) is 5.78. The number of esters is 1. The van der Waals surface area contributed by atoms with E-state index in [2.05, 4.69) is 32.2 Å². The van der Waals surface area contributed by atoms with Gasteiger partial charge in [0.05, 0.1) is 12.2 Å². The predicted octanol–water partition coefficient (Wildman–Crippen LogP) is 2.69. The van der Waals surface area contributed by atoms with Gasteiger partial charge >= 0.3 is 5.97 Å². The lowest BCUT2D eigenvalue weighted by atomic mass is 10.2. The van der Waals surface area contributed by atoms with Gasteiger partial charge in [-0.3, -0.25) is 14.2 Å². The third-order valence-electron chi connectivity index (χ3n) is 5.78. The van der Waals surface area contributed by atoms with Crippen LogP contribution < -0.4 is 20.7 Å². The number of rotatable bonds is 7. The molecule has 1 saturated heterocycles. The van der Waals surface area contributed by atoms with Crippen molar-refractivity contribution in [1.82, 2.24) is 9.55 Å². The maximum Gasteiger partial charge on any atom is 0.338 e.